The third-order valence-corrected chi connectivity index (χ3v) is 4.18. The highest BCUT2D eigenvalue weighted by Gasteiger charge is 2.36. The Morgan fingerprint density at radius 2 is 2.21 bits per heavy atom. The first-order valence-electron chi connectivity index (χ1n) is 7.84. The molecule has 1 fully saturated rings. The molecule has 2 aromatic heterocycles. The van der Waals surface area contributed by atoms with Gasteiger partial charge in [-0.15, -0.1) is 0 Å². The minimum atomic E-state index is -2.67. The van der Waals surface area contributed by atoms with Crippen molar-refractivity contribution >= 4 is 28.5 Å². The van der Waals surface area contributed by atoms with Gasteiger partial charge in [-0.25, -0.2) is 8.78 Å². The second kappa shape index (κ2) is 6.54. The van der Waals surface area contributed by atoms with E-state index in [1.54, 1.807) is 24.5 Å². The maximum absolute atomic E-state index is 13.3. The van der Waals surface area contributed by atoms with Crippen LogP contribution in [-0.2, 0) is 9.59 Å². The number of carbonyl (C=O) groups excluding carboxylic acids is 2. The molecule has 0 aromatic carbocycles. The third kappa shape index (κ3) is 3.69. The Morgan fingerprint density at radius 3 is 3.00 bits per heavy atom. The molecule has 1 aliphatic carbocycles. The molecule has 128 valence electrons. The number of pyridine rings is 1. The van der Waals surface area contributed by atoms with Gasteiger partial charge in [0.25, 0.3) is 0 Å². The summed E-state index contributed by atoms with van der Waals surface area (Å²) in [7, 11) is 0. The van der Waals surface area contributed by atoms with Crippen molar-refractivity contribution in [2.45, 2.75) is 31.6 Å². The van der Waals surface area contributed by atoms with Crippen LogP contribution in [-0.4, -0.2) is 34.2 Å². The van der Waals surface area contributed by atoms with Crippen molar-refractivity contribution in [2.24, 2.45) is 5.92 Å². The summed E-state index contributed by atoms with van der Waals surface area (Å²) in [4.78, 5) is 30.9. The lowest BCUT2D eigenvalue weighted by molar-refractivity contribution is -0.136. The standard InChI is InChI=1S/C16H18F2N4O2/c17-16(18)5-1-3-10(7-16)8-21-14(23)15(24)22-12-9-20-11-4-2-6-19-13(11)12/h2,4,6,9-10,20H,1,3,5,7-8H2,(H,21,23)(H,22,24)/t10-/m1/s1. The monoisotopic (exact) mass is 336 g/mol. The largest absolute Gasteiger partial charge is 0.358 e. The van der Waals surface area contributed by atoms with E-state index in [4.69, 9.17) is 0 Å². The zero-order chi connectivity index (χ0) is 17.2. The van der Waals surface area contributed by atoms with Crippen LogP contribution in [0.1, 0.15) is 25.7 Å². The first kappa shape index (κ1) is 16.4. The van der Waals surface area contributed by atoms with Crippen molar-refractivity contribution in [1.82, 2.24) is 15.3 Å². The first-order chi connectivity index (χ1) is 11.4. The van der Waals surface area contributed by atoms with E-state index in [0.29, 0.717) is 24.0 Å². The van der Waals surface area contributed by atoms with Gasteiger partial charge in [-0.2, -0.15) is 0 Å². The Labute approximate surface area is 137 Å². The maximum Gasteiger partial charge on any atom is 0.313 e. The number of hydrogen-bond donors (Lipinski definition) is 3. The second-order valence-electron chi connectivity index (χ2n) is 6.08. The van der Waals surface area contributed by atoms with Crippen LogP contribution in [0.5, 0.6) is 0 Å². The van der Waals surface area contributed by atoms with Crippen LogP contribution in [0.2, 0.25) is 0 Å². The average Bonchev–Trinajstić information content (AvgIpc) is 2.95. The molecule has 0 saturated heterocycles. The van der Waals surface area contributed by atoms with Crippen molar-refractivity contribution in [3.05, 3.63) is 24.5 Å². The highest BCUT2D eigenvalue weighted by atomic mass is 19.3. The quantitative estimate of drug-likeness (QED) is 0.753. The van der Waals surface area contributed by atoms with E-state index >= 15 is 0 Å². The van der Waals surface area contributed by atoms with Gasteiger partial charge in [0.2, 0.25) is 5.92 Å². The first-order valence-corrected chi connectivity index (χ1v) is 7.84. The van der Waals surface area contributed by atoms with Crippen molar-refractivity contribution in [1.29, 1.82) is 0 Å². The van der Waals surface area contributed by atoms with Crippen molar-refractivity contribution in [3.8, 4) is 0 Å². The summed E-state index contributed by atoms with van der Waals surface area (Å²) in [5.41, 5.74) is 1.68. The van der Waals surface area contributed by atoms with E-state index in [9.17, 15) is 18.4 Å². The fourth-order valence-corrected chi connectivity index (χ4v) is 3.00. The lowest BCUT2D eigenvalue weighted by atomic mass is 9.86. The van der Waals surface area contributed by atoms with E-state index in [-0.39, 0.29) is 25.3 Å². The molecule has 8 heteroatoms. The third-order valence-electron chi connectivity index (χ3n) is 4.18. The number of aromatic nitrogens is 2. The molecular formula is C16H18F2N4O2. The minimum absolute atomic E-state index is 0.0774. The normalized spacial score (nSPS) is 19.8. The highest BCUT2D eigenvalue weighted by Crippen LogP contribution is 2.36. The molecule has 0 aliphatic heterocycles. The van der Waals surface area contributed by atoms with Gasteiger partial charge in [-0.3, -0.25) is 14.6 Å². The number of aromatic amines is 1. The summed E-state index contributed by atoms with van der Waals surface area (Å²) in [5, 5.41) is 4.91. The molecule has 3 rings (SSSR count). The zero-order valence-electron chi connectivity index (χ0n) is 12.9. The topological polar surface area (TPSA) is 86.9 Å². The van der Waals surface area contributed by atoms with Crippen LogP contribution in [0.4, 0.5) is 14.5 Å². The number of rotatable bonds is 3. The molecular weight excluding hydrogens is 318 g/mol. The van der Waals surface area contributed by atoms with Gasteiger partial charge >= 0.3 is 11.8 Å². The van der Waals surface area contributed by atoms with Crippen LogP contribution in [0.15, 0.2) is 24.5 Å². The Balaban J connectivity index is 1.54. The molecule has 2 heterocycles. The summed E-state index contributed by atoms with van der Waals surface area (Å²) >= 11 is 0. The molecule has 0 unspecified atom stereocenters. The Hall–Kier alpha value is -2.51. The van der Waals surface area contributed by atoms with Crippen molar-refractivity contribution in [3.63, 3.8) is 0 Å². The average molecular weight is 336 g/mol. The van der Waals surface area contributed by atoms with E-state index in [1.165, 1.54) is 0 Å². The van der Waals surface area contributed by atoms with Gasteiger partial charge in [0.1, 0.15) is 5.52 Å². The number of hydrogen-bond acceptors (Lipinski definition) is 3. The van der Waals surface area contributed by atoms with Gasteiger partial charge in [0, 0.05) is 31.8 Å². The molecule has 1 saturated carbocycles. The summed E-state index contributed by atoms with van der Waals surface area (Å²) < 4.78 is 26.7. The molecule has 24 heavy (non-hydrogen) atoms. The van der Waals surface area contributed by atoms with Crippen LogP contribution in [0.3, 0.4) is 0 Å². The number of H-pyrrole nitrogens is 1. The van der Waals surface area contributed by atoms with E-state index < -0.39 is 17.7 Å². The van der Waals surface area contributed by atoms with Crippen LogP contribution in [0, 0.1) is 5.92 Å². The molecule has 0 radical (unpaired) electrons. The van der Waals surface area contributed by atoms with Crippen LogP contribution >= 0.6 is 0 Å². The summed E-state index contributed by atoms with van der Waals surface area (Å²) in [6.07, 6.45) is 3.83. The molecule has 1 atom stereocenters. The molecule has 6 nitrogen and oxygen atoms in total. The van der Waals surface area contributed by atoms with Gasteiger partial charge in [-0.1, -0.05) is 0 Å². The van der Waals surface area contributed by atoms with Crippen molar-refractivity contribution in [2.75, 3.05) is 11.9 Å². The fraction of sp³-hybridized carbons (Fsp3) is 0.438. The Bertz CT molecular complexity index is 759. The lowest BCUT2D eigenvalue weighted by Crippen LogP contribution is -2.40. The number of amides is 2. The summed E-state index contributed by atoms with van der Waals surface area (Å²) in [6.45, 7) is 0.0774. The van der Waals surface area contributed by atoms with E-state index in [0.717, 1.165) is 5.52 Å². The molecule has 2 aromatic rings. The summed E-state index contributed by atoms with van der Waals surface area (Å²) in [6, 6.07) is 3.54. The number of alkyl halides is 2. The number of carbonyl (C=O) groups is 2. The molecule has 3 N–H and O–H groups in total. The van der Waals surface area contributed by atoms with Gasteiger partial charge < -0.3 is 15.6 Å². The molecule has 1 aliphatic rings. The predicted molar refractivity (Wildman–Crippen MR) is 84.6 cm³/mol. The smallest absolute Gasteiger partial charge is 0.313 e. The zero-order valence-corrected chi connectivity index (χ0v) is 12.9. The molecule has 2 amide bonds. The van der Waals surface area contributed by atoms with E-state index in [2.05, 4.69) is 20.6 Å². The number of halogens is 2. The number of anilines is 1. The molecule has 0 spiro atoms. The molecule has 0 bridgehead atoms. The minimum Gasteiger partial charge on any atom is -0.358 e. The predicted octanol–water partition coefficient (Wildman–Crippen LogP) is 2.44. The number of fused-ring (bicyclic) bond motifs is 1. The van der Waals surface area contributed by atoms with Crippen LogP contribution in [0.25, 0.3) is 11.0 Å². The highest BCUT2D eigenvalue weighted by molar-refractivity contribution is 6.40. The van der Waals surface area contributed by atoms with Gasteiger partial charge in [-0.05, 0) is 30.9 Å². The lowest BCUT2D eigenvalue weighted by Gasteiger charge is -2.28. The number of nitrogens with one attached hydrogen (secondary N) is 3. The Morgan fingerprint density at radius 1 is 1.38 bits per heavy atom. The second-order valence-corrected chi connectivity index (χ2v) is 6.08. The van der Waals surface area contributed by atoms with Gasteiger partial charge in [0.05, 0.1) is 11.2 Å². The van der Waals surface area contributed by atoms with Gasteiger partial charge in [0.15, 0.2) is 0 Å². The maximum atomic E-state index is 13.3. The fourth-order valence-electron chi connectivity index (χ4n) is 3.00. The van der Waals surface area contributed by atoms with Crippen molar-refractivity contribution < 1.29 is 18.4 Å². The SMILES string of the molecule is O=C(NC[C@@H]1CCCC(F)(F)C1)C(=O)Nc1c[nH]c2cccnc12. The van der Waals surface area contributed by atoms with E-state index in [1.807, 2.05) is 0 Å². The Kier molecular flexibility index (Phi) is 4.46. The number of nitrogens with zero attached hydrogens (tertiary/aromatic N) is 1. The summed E-state index contributed by atoms with van der Waals surface area (Å²) in [5.74, 6) is -4.66. The van der Waals surface area contributed by atoms with Crippen LogP contribution < -0.4 is 10.6 Å².